The summed E-state index contributed by atoms with van der Waals surface area (Å²) < 4.78 is 32.3. The van der Waals surface area contributed by atoms with Gasteiger partial charge < -0.3 is 10.1 Å². The van der Waals surface area contributed by atoms with Crippen molar-refractivity contribution in [2.45, 2.75) is 30.7 Å². The van der Waals surface area contributed by atoms with Crippen LogP contribution in [0.15, 0.2) is 53.4 Å². The van der Waals surface area contributed by atoms with Crippen LogP contribution in [-0.2, 0) is 10.0 Å². The summed E-state index contributed by atoms with van der Waals surface area (Å²) in [6, 6.07) is 13.0. The molecule has 3 rings (SSSR count). The number of benzene rings is 2. The van der Waals surface area contributed by atoms with Gasteiger partial charge in [0.05, 0.1) is 17.7 Å². The number of ether oxygens (including phenoxy) is 1. The molecule has 1 fully saturated rings. The third-order valence-corrected chi connectivity index (χ3v) is 6.67. The van der Waals surface area contributed by atoms with Crippen LogP contribution in [0.25, 0.3) is 0 Å². The summed E-state index contributed by atoms with van der Waals surface area (Å²) in [6.07, 6.45) is 2.29. The number of hydrogen-bond donors (Lipinski definition) is 1. The Morgan fingerprint density at radius 2 is 1.78 bits per heavy atom. The minimum Gasteiger partial charge on any atom is -0.495 e. The molecular weight excluding hydrogens is 364 g/mol. The number of hydrogen-bond acceptors (Lipinski definition) is 4. The van der Waals surface area contributed by atoms with Crippen molar-refractivity contribution in [3.05, 3.63) is 54.1 Å². The average Bonchev–Trinajstić information content (AvgIpc) is 3.52. The van der Waals surface area contributed by atoms with E-state index in [0.717, 1.165) is 12.8 Å². The molecule has 144 valence electrons. The summed E-state index contributed by atoms with van der Waals surface area (Å²) in [7, 11) is -0.799. The Labute approximate surface area is 160 Å². The lowest BCUT2D eigenvalue weighted by atomic mass is 10.1. The monoisotopic (exact) mass is 388 g/mol. The molecule has 1 amide bonds. The van der Waals surface area contributed by atoms with Crippen molar-refractivity contribution in [2.24, 2.45) is 5.92 Å². The van der Waals surface area contributed by atoms with Gasteiger partial charge in [0, 0.05) is 18.7 Å². The lowest BCUT2D eigenvalue weighted by Gasteiger charge is -2.21. The zero-order chi connectivity index (χ0) is 19.6. The number of nitrogens with zero attached hydrogens (tertiary/aromatic N) is 1. The van der Waals surface area contributed by atoms with E-state index in [1.54, 1.807) is 24.3 Å². The molecule has 0 aliphatic heterocycles. The normalized spacial score (nSPS) is 15.1. The van der Waals surface area contributed by atoms with Gasteiger partial charge in [-0.1, -0.05) is 12.1 Å². The molecule has 1 N–H and O–H groups in total. The number of carbonyl (C=O) groups excluding carboxylic acids is 1. The molecule has 0 spiro atoms. The Kier molecular flexibility index (Phi) is 5.41. The summed E-state index contributed by atoms with van der Waals surface area (Å²) in [5.74, 6) is 0.841. The van der Waals surface area contributed by atoms with Crippen LogP contribution < -0.4 is 14.4 Å². The van der Waals surface area contributed by atoms with E-state index in [1.807, 2.05) is 6.92 Å². The van der Waals surface area contributed by atoms with Crippen LogP contribution in [0.5, 0.6) is 5.75 Å². The van der Waals surface area contributed by atoms with Crippen molar-refractivity contribution >= 4 is 21.6 Å². The first-order valence-electron chi connectivity index (χ1n) is 8.87. The van der Waals surface area contributed by atoms with Crippen molar-refractivity contribution in [1.82, 2.24) is 5.32 Å². The first kappa shape index (κ1) is 19.2. The van der Waals surface area contributed by atoms with E-state index >= 15 is 0 Å². The van der Waals surface area contributed by atoms with Crippen molar-refractivity contribution in [3.8, 4) is 5.75 Å². The first-order valence-corrected chi connectivity index (χ1v) is 10.3. The maximum absolute atomic E-state index is 12.9. The predicted octanol–water partition coefficient (Wildman–Crippen LogP) is 3.05. The van der Waals surface area contributed by atoms with Crippen molar-refractivity contribution in [3.63, 3.8) is 0 Å². The Morgan fingerprint density at radius 1 is 1.15 bits per heavy atom. The third-order valence-electron chi connectivity index (χ3n) is 4.89. The average molecular weight is 388 g/mol. The molecule has 0 saturated heterocycles. The van der Waals surface area contributed by atoms with Crippen LogP contribution in [0.4, 0.5) is 5.69 Å². The van der Waals surface area contributed by atoms with Crippen molar-refractivity contribution in [2.75, 3.05) is 18.5 Å². The van der Waals surface area contributed by atoms with Crippen LogP contribution in [0.1, 0.15) is 30.1 Å². The van der Waals surface area contributed by atoms with Crippen molar-refractivity contribution in [1.29, 1.82) is 0 Å². The number of sulfonamides is 1. The number of methoxy groups -OCH3 is 1. The van der Waals surface area contributed by atoms with Crippen molar-refractivity contribution < 1.29 is 17.9 Å². The lowest BCUT2D eigenvalue weighted by molar-refractivity contribution is 0.0935. The van der Waals surface area contributed by atoms with E-state index in [4.69, 9.17) is 4.74 Å². The molecule has 0 heterocycles. The van der Waals surface area contributed by atoms with Gasteiger partial charge in [-0.3, -0.25) is 9.10 Å². The van der Waals surface area contributed by atoms with Crippen LogP contribution in [0, 0.1) is 5.92 Å². The summed E-state index contributed by atoms with van der Waals surface area (Å²) in [4.78, 5) is 12.4. The van der Waals surface area contributed by atoms with E-state index < -0.39 is 10.0 Å². The van der Waals surface area contributed by atoms with E-state index in [2.05, 4.69) is 5.32 Å². The zero-order valence-electron chi connectivity index (χ0n) is 15.7. The Hall–Kier alpha value is -2.54. The largest absolute Gasteiger partial charge is 0.495 e. The van der Waals surface area contributed by atoms with E-state index in [9.17, 15) is 13.2 Å². The fraction of sp³-hybridized carbons (Fsp3) is 0.350. The highest BCUT2D eigenvalue weighted by Crippen LogP contribution is 2.33. The lowest BCUT2D eigenvalue weighted by Crippen LogP contribution is -2.34. The molecule has 1 aliphatic rings. The molecule has 6 nitrogen and oxygen atoms in total. The molecule has 0 aromatic heterocycles. The zero-order valence-corrected chi connectivity index (χ0v) is 16.5. The molecular formula is C20H24N2O4S. The van der Waals surface area contributed by atoms with Gasteiger partial charge in [0.2, 0.25) is 0 Å². The van der Waals surface area contributed by atoms with Gasteiger partial charge in [0.15, 0.2) is 0 Å². The number of anilines is 1. The van der Waals surface area contributed by atoms with Gasteiger partial charge in [-0.25, -0.2) is 8.42 Å². The second-order valence-corrected chi connectivity index (χ2v) is 8.74. The van der Waals surface area contributed by atoms with Gasteiger partial charge in [0.1, 0.15) is 5.75 Å². The number of rotatable bonds is 7. The topological polar surface area (TPSA) is 75.7 Å². The first-order chi connectivity index (χ1) is 12.8. The quantitative estimate of drug-likeness (QED) is 0.791. The molecule has 0 unspecified atom stereocenters. The molecule has 2 aromatic carbocycles. The highest BCUT2D eigenvalue weighted by atomic mass is 32.2. The van der Waals surface area contributed by atoms with Crippen LogP contribution >= 0.6 is 0 Å². The fourth-order valence-corrected chi connectivity index (χ4v) is 4.17. The van der Waals surface area contributed by atoms with E-state index in [0.29, 0.717) is 22.9 Å². The molecule has 2 aromatic rings. The Balaban J connectivity index is 1.79. The second kappa shape index (κ2) is 7.60. The van der Waals surface area contributed by atoms with Gasteiger partial charge in [-0.05, 0) is 62.1 Å². The summed E-state index contributed by atoms with van der Waals surface area (Å²) in [5, 5.41) is 2.96. The third kappa shape index (κ3) is 4.08. The Morgan fingerprint density at radius 3 is 2.37 bits per heavy atom. The van der Waals surface area contributed by atoms with E-state index in [1.165, 1.54) is 42.7 Å². The smallest absolute Gasteiger partial charge is 0.264 e. The van der Waals surface area contributed by atoms with Gasteiger partial charge >= 0.3 is 0 Å². The summed E-state index contributed by atoms with van der Waals surface area (Å²) in [5.41, 5.74) is 0.890. The Bertz CT molecular complexity index is 921. The predicted molar refractivity (Wildman–Crippen MR) is 105 cm³/mol. The minimum atomic E-state index is -3.77. The standard InChI is InChI=1S/C20H24N2O4S/c1-14(15-8-9-15)21-20(23)16-10-12-17(13-11-16)27(24,25)22(2)18-6-4-5-7-19(18)26-3/h4-7,10-15H,8-9H2,1-3H3,(H,21,23)/t14-/m0/s1. The van der Waals surface area contributed by atoms with Crippen LogP contribution in [0.2, 0.25) is 0 Å². The van der Waals surface area contributed by atoms with E-state index in [-0.39, 0.29) is 16.8 Å². The molecule has 0 bridgehead atoms. The summed E-state index contributed by atoms with van der Waals surface area (Å²) >= 11 is 0. The SMILES string of the molecule is COc1ccccc1N(C)S(=O)(=O)c1ccc(C(=O)N[C@@H](C)C2CC2)cc1. The highest BCUT2D eigenvalue weighted by Gasteiger charge is 2.29. The van der Waals surface area contributed by atoms with Gasteiger partial charge in [0.25, 0.3) is 15.9 Å². The highest BCUT2D eigenvalue weighted by molar-refractivity contribution is 7.92. The molecule has 27 heavy (non-hydrogen) atoms. The van der Waals surface area contributed by atoms with Gasteiger partial charge in [-0.15, -0.1) is 0 Å². The molecule has 1 saturated carbocycles. The second-order valence-electron chi connectivity index (χ2n) is 6.77. The van der Waals surface area contributed by atoms with Crippen LogP contribution in [0.3, 0.4) is 0 Å². The fourth-order valence-electron chi connectivity index (χ4n) is 2.96. The molecule has 7 heteroatoms. The number of carbonyl (C=O) groups is 1. The molecule has 1 atom stereocenters. The number of nitrogens with one attached hydrogen (secondary N) is 1. The van der Waals surface area contributed by atoms with Crippen LogP contribution in [-0.4, -0.2) is 34.5 Å². The maximum Gasteiger partial charge on any atom is 0.264 e. The molecule has 0 radical (unpaired) electrons. The number of para-hydroxylation sites is 2. The maximum atomic E-state index is 12.9. The number of amides is 1. The van der Waals surface area contributed by atoms with Gasteiger partial charge in [-0.2, -0.15) is 0 Å². The molecule has 1 aliphatic carbocycles. The summed E-state index contributed by atoms with van der Waals surface area (Å²) in [6.45, 7) is 2.00. The minimum absolute atomic E-state index is 0.114.